The molecule has 0 heterocycles. The molecule has 5 nitrogen and oxygen atoms in total. The van der Waals surface area contributed by atoms with Crippen molar-refractivity contribution in [3.8, 4) is 0 Å². The van der Waals surface area contributed by atoms with Gasteiger partial charge in [-0.3, -0.25) is 14.8 Å². The van der Waals surface area contributed by atoms with Crippen LogP contribution in [0, 0.1) is 34.5 Å². The van der Waals surface area contributed by atoms with Crippen LogP contribution in [0.3, 0.4) is 0 Å². The summed E-state index contributed by atoms with van der Waals surface area (Å²) < 4.78 is 5.53. The third-order valence-corrected chi connectivity index (χ3v) is 9.60. The number of ketones is 1. The number of ether oxygens (including phenoxy) is 1. The van der Waals surface area contributed by atoms with Crippen molar-refractivity contribution in [2.45, 2.75) is 91.3 Å². The van der Waals surface area contributed by atoms with Crippen LogP contribution in [0.4, 0.5) is 0 Å². The predicted octanol–water partition coefficient (Wildman–Crippen LogP) is 4.94. The third-order valence-electron chi connectivity index (χ3n) is 9.60. The quantitative estimate of drug-likeness (QED) is 0.312. The lowest BCUT2D eigenvalue weighted by Gasteiger charge is -2.58. The number of hydrogen-bond acceptors (Lipinski definition) is 5. The summed E-state index contributed by atoms with van der Waals surface area (Å²) in [7, 11) is 0. The number of fused-ring (bicyclic) bond motifs is 5. The second-order valence-electron chi connectivity index (χ2n) is 10.7. The molecule has 5 heteroatoms. The van der Waals surface area contributed by atoms with Crippen molar-refractivity contribution in [1.29, 1.82) is 0 Å². The Kier molecular flexibility index (Phi) is 5.02. The molecule has 0 aromatic rings. The van der Waals surface area contributed by atoms with Crippen molar-refractivity contribution < 1.29 is 24.5 Å². The van der Waals surface area contributed by atoms with E-state index in [-0.39, 0.29) is 34.6 Å². The van der Waals surface area contributed by atoms with Gasteiger partial charge in [-0.2, -0.15) is 0 Å². The lowest BCUT2D eigenvalue weighted by molar-refractivity contribution is -0.347. The molecule has 0 aromatic carbocycles. The summed E-state index contributed by atoms with van der Waals surface area (Å²) >= 11 is 0. The maximum absolute atomic E-state index is 12.7. The van der Waals surface area contributed by atoms with Crippen LogP contribution < -0.4 is 0 Å². The van der Waals surface area contributed by atoms with Crippen LogP contribution in [-0.4, -0.2) is 28.7 Å². The lowest BCUT2D eigenvalue weighted by atomic mass is 9.46. The van der Waals surface area contributed by atoms with E-state index in [1.807, 2.05) is 0 Å². The molecule has 4 rings (SSSR count). The molecule has 162 valence electrons. The number of rotatable bonds is 3. The fourth-order valence-electron chi connectivity index (χ4n) is 8.30. The summed E-state index contributed by atoms with van der Waals surface area (Å²) in [6.45, 7) is 9.71. The van der Waals surface area contributed by atoms with Gasteiger partial charge in [-0.15, -0.1) is 0 Å². The maximum Gasteiger partial charge on any atom is 0.302 e. The summed E-state index contributed by atoms with van der Waals surface area (Å²) in [5.41, 5.74) is 0.193. The molecule has 4 aliphatic carbocycles. The third kappa shape index (κ3) is 2.72. The SMILES string of the molecule is CC(=O)O[C@H]1CC[C@@]2(C)C(=CC[C@@H]3[C@H]2CC[C@@]2(C)[C@@H]3C[C@@H](C)[C@]2(OO)C(C)=O)C1. The zero-order valence-corrected chi connectivity index (χ0v) is 18.5. The maximum atomic E-state index is 12.7. The van der Waals surface area contributed by atoms with Gasteiger partial charge in [0.2, 0.25) is 0 Å². The smallest absolute Gasteiger partial charge is 0.302 e. The van der Waals surface area contributed by atoms with Gasteiger partial charge in [0, 0.05) is 18.8 Å². The number of allylic oxidation sites excluding steroid dienone is 1. The molecule has 0 unspecified atom stereocenters. The largest absolute Gasteiger partial charge is 0.462 e. The van der Waals surface area contributed by atoms with Gasteiger partial charge in [-0.25, -0.2) is 4.89 Å². The van der Waals surface area contributed by atoms with Crippen LogP contribution in [0.15, 0.2) is 11.6 Å². The molecule has 8 atom stereocenters. The molecule has 0 aliphatic heterocycles. The van der Waals surface area contributed by atoms with Crippen molar-refractivity contribution in [2.24, 2.45) is 34.5 Å². The van der Waals surface area contributed by atoms with Crippen molar-refractivity contribution in [2.75, 3.05) is 0 Å². The average Bonchev–Trinajstić information content (AvgIpc) is 2.88. The first kappa shape index (κ1) is 21.0. The van der Waals surface area contributed by atoms with E-state index in [4.69, 9.17) is 9.62 Å². The number of hydrogen-bond donors (Lipinski definition) is 1. The molecule has 4 aliphatic rings. The van der Waals surface area contributed by atoms with Crippen LogP contribution in [0.2, 0.25) is 0 Å². The summed E-state index contributed by atoms with van der Waals surface area (Å²) in [5.74, 6) is 1.23. The normalized spacial score (nSPS) is 48.8. The van der Waals surface area contributed by atoms with Gasteiger partial charge in [-0.1, -0.05) is 32.4 Å². The van der Waals surface area contributed by atoms with Crippen LogP contribution in [0.1, 0.15) is 79.6 Å². The Bertz CT molecular complexity index is 744. The number of carbonyl (C=O) groups excluding carboxylic acids is 2. The molecular formula is C24H36O5. The van der Waals surface area contributed by atoms with E-state index in [0.717, 1.165) is 44.9 Å². The highest BCUT2D eigenvalue weighted by molar-refractivity contribution is 5.87. The number of carbonyl (C=O) groups is 2. The Morgan fingerprint density at radius 1 is 1.14 bits per heavy atom. The highest BCUT2D eigenvalue weighted by Crippen LogP contribution is 2.69. The second kappa shape index (κ2) is 6.91. The van der Waals surface area contributed by atoms with Gasteiger partial charge in [-0.05, 0) is 74.5 Å². The van der Waals surface area contributed by atoms with Crippen molar-refractivity contribution in [3.05, 3.63) is 11.6 Å². The summed E-state index contributed by atoms with van der Waals surface area (Å²) in [5, 5.41) is 9.92. The van der Waals surface area contributed by atoms with Crippen LogP contribution in [0.25, 0.3) is 0 Å². The van der Waals surface area contributed by atoms with E-state index in [2.05, 4.69) is 26.8 Å². The van der Waals surface area contributed by atoms with Gasteiger partial charge >= 0.3 is 5.97 Å². The first-order chi connectivity index (χ1) is 13.6. The predicted molar refractivity (Wildman–Crippen MR) is 109 cm³/mol. The van der Waals surface area contributed by atoms with Gasteiger partial charge in [0.25, 0.3) is 0 Å². The van der Waals surface area contributed by atoms with E-state index in [1.54, 1.807) is 6.92 Å². The molecule has 0 saturated heterocycles. The molecule has 1 N–H and O–H groups in total. The summed E-state index contributed by atoms with van der Waals surface area (Å²) in [4.78, 5) is 29.2. The zero-order chi connectivity index (χ0) is 21.2. The molecule has 0 amide bonds. The highest BCUT2D eigenvalue weighted by atomic mass is 17.1. The molecular weight excluding hydrogens is 368 g/mol. The fraction of sp³-hybridized carbons (Fsp3) is 0.833. The van der Waals surface area contributed by atoms with E-state index in [1.165, 1.54) is 12.5 Å². The second-order valence-corrected chi connectivity index (χ2v) is 10.7. The van der Waals surface area contributed by atoms with E-state index in [9.17, 15) is 14.8 Å². The Labute approximate surface area is 174 Å². The van der Waals surface area contributed by atoms with Crippen molar-refractivity contribution in [3.63, 3.8) is 0 Å². The number of esters is 1. The zero-order valence-electron chi connectivity index (χ0n) is 18.5. The molecule has 0 radical (unpaired) electrons. The monoisotopic (exact) mass is 404 g/mol. The molecule has 0 bridgehead atoms. The first-order valence-corrected chi connectivity index (χ1v) is 11.3. The minimum atomic E-state index is -1.08. The molecule has 29 heavy (non-hydrogen) atoms. The fourth-order valence-corrected chi connectivity index (χ4v) is 8.30. The van der Waals surface area contributed by atoms with E-state index < -0.39 is 5.60 Å². The van der Waals surface area contributed by atoms with E-state index in [0.29, 0.717) is 17.8 Å². The van der Waals surface area contributed by atoms with Crippen molar-refractivity contribution >= 4 is 11.8 Å². The van der Waals surface area contributed by atoms with Gasteiger partial charge in [0.05, 0.1) is 0 Å². The summed E-state index contributed by atoms with van der Waals surface area (Å²) in [6, 6.07) is 0. The van der Waals surface area contributed by atoms with Crippen LogP contribution in [0.5, 0.6) is 0 Å². The highest BCUT2D eigenvalue weighted by Gasteiger charge is 2.69. The Hall–Kier alpha value is -1.20. The minimum absolute atomic E-state index is 0.0108. The van der Waals surface area contributed by atoms with Crippen LogP contribution >= 0.6 is 0 Å². The summed E-state index contributed by atoms with van der Waals surface area (Å²) in [6.07, 6.45) is 9.13. The van der Waals surface area contributed by atoms with Crippen molar-refractivity contribution in [1.82, 2.24) is 0 Å². The lowest BCUT2D eigenvalue weighted by Crippen LogP contribution is -2.59. The topological polar surface area (TPSA) is 72.8 Å². The Morgan fingerprint density at radius 2 is 1.86 bits per heavy atom. The van der Waals surface area contributed by atoms with Gasteiger partial charge < -0.3 is 4.74 Å². The molecule has 0 spiro atoms. The first-order valence-electron chi connectivity index (χ1n) is 11.3. The van der Waals surface area contributed by atoms with Crippen LogP contribution in [-0.2, 0) is 19.2 Å². The molecule has 0 aromatic heterocycles. The van der Waals surface area contributed by atoms with Gasteiger partial charge in [0.15, 0.2) is 11.4 Å². The molecule has 3 fully saturated rings. The Morgan fingerprint density at radius 3 is 2.48 bits per heavy atom. The van der Waals surface area contributed by atoms with Gasteiger partial charge in [0.1, 0.15) is 6.10 Å². The Balaban J connectivity index is 1.65. The average molecular weight is 405 g/mol. The molecule has 3 saturated carbocycles. The standard InChI is InChI=1S/C24H36O5/c1-14-12-21-19-7-6-17-13-18(28-16(3)26)8-10-22(17,4)20(19)9-11-23(21,5)24(14,29-27)15(2)25/h6,14,18-21,27H,7-13H2,1-5H3/t14-,18+,19-,20-,21-,22+,23+,24+/m1/s1. The minimum Gasteiger partial charge on any atom is -0.462 e. The van der Waals surface area contributed by atoms with E-state index >= 15 is 0 Å². The number of Topliss-reactive ketones (excluding diaryl/α,β-unsaturated/α-hetero) is 1.